The predicted octanol–water partition coefficient (Wildman–Crippen LogP) is 4.81. The minimum absolute atomic E-state index is 0. The molecule has 0 bridgehead atoms. The Morgan fingerprint density at radius 2 is 1.17 bits per heavy atom. The lowest BCUT2D eigenvalue weighted by atomic mass is 10.0. The molecule has 0 amide bonds. The SMILES string of the molecule is C=CC(=O)OC(=O)CCCCCCCCCCCCCCC.[MgH2]. The zero-order valence-corrected chi connectivity index (χ0v) is 14.4. The van der Waals surface area contributed by atoms with Crippen molar-refractivity contribution < 1.29 is 14.3 Å². The van der Waals surface area contributed by atoms with Crippen molar-refractivity contribution in [3.8, 4) is 0 Å². The Morgan fingerprint density at radius 3 is 1.57 bits per heavy atom. The van der Waals surface area contributed by atoms with Crippen molar-refractivity contribution in [3.05, 3.63) is 12.7 Å². The van der Waals surface area contributed by atoms with Gasteiger partial charge in [-0.3, -0.25) is 4.79 Å². The van der Waals surface area contributed by atoms with E-state index in [2.05, 4.69) is 18.2 Å². The van der Waals surface area contributed by atoms with Crippen LogP contribution in [-0.2, 0) is 14.3 Å². The molecule has 23 heavy (non-hydrogen) atoms. The highest BCUT2D eigenvalue weighted by atomic mass is 24.3. The highest BCUT2D eigenvalue weighted by molar-refractivity contribution is 5.91. The molecule has 3 nitrogen and oxygen atoms in total. The Kier molecular flexibility index (Phi) is 21.3. The monoisotopic (exact) mass is 336 g/mol. The van der Waals surface area contributed by atoms with E-state index in [1.807, 2.05) is 0 Å². The van der Waals surface area contributed by atoms with Gasteiger partial charge in [-0.15, -0.1) is 0 Å². The summed E-state index contributed by atoms with van der Waals surface area (Å²) in [6.07, 6.45) is 17.9. The molecule has 0 spiro atoms. The van der Waals surface area contributed by atoms with E-state index in [0.29, 0.717) is 6.42 Å². The quantitative estimate of drug-likeness (QED) is 0.142. The molecule has 0 saturated heterocycles. The van der Waals surface area contributed by atoms with Gasteiger partial charge < -0.3 is 4.74 Å². The van der Waals surface area contributed by atoms with Gasteiger partial charge in [-0.25, -0.2) is 4.79 Å². The fourth-order valence-corrected chi connectivity index (χ4v) is 2.49. The van der Waals surface area contributed by atoms with Gasteiger partial charge in [0.15, 0.2) is 0 Å². The van der Waals surface area contributed by atoms with Crippen molar-refractivity contribution in [1.82, 2.24) is 0 Å². The molecule has 132 valence electrons. The Labute approximate surface area is 158 Å². The van der Waals surface area contributed by atoms with E-state index in [-0.39, 0.29) is 23.1 Å². The summed E-state index contributed by atoms with van der Waals surface area (Å²) in [7, 11) is 0. The second-order valence-electron chi connectivity index (χ2n) is 5.99. The smallest absolute Gasteiger partial charge is 0.337 e. The van der Waals surface area contributed by atoms with Gasteiger partial charge in [-0.2, -0.15) is 0 Å². The number of carbonyl (C=O) groups excluding carboxylic acids is 2. The minimum Gasteiger partial charge on any atom is -0.390 e. The molecule has 0 aliphatic rings. The van der Waals surface area contributed by atoms with Gasteiger partial charge in [0.25, 0.3) is 0 Å². The van der Waals surface area contributed by atoms with Crippen LogP contribution in [0.25, 0.3) is 0 Å². The van der Waals surface area contributed by atoms with E-state index < -0.39 is 11.9 Å². The first-order valence-electron chi connectivity index (χ1n) is 9.07. The Hall–Kier alpha value is -0.354. The Balaban J connectivity index is 0. The van der Waals surface area contributed by atoms with Gasteiger partial charge in [0, 0.05) is 12.5 Å². The van der Waals surface area contributed by atoms with Gasteiger partial charge in [-0.05, 0) is 6.42 Å². The summed E-state index contributed by atoms with van der Waals surface area (Å²) in [6, 6.07) is 0. The van der Waals surface area contributed by atoms with Crippen molar-refractivity contribution in [1.29, 1.82) is 0 Å². The predicted molar refractivity (Wildman–Crippen MR) is 100 cm³/mol. The van der Waals surface area contributed by atoms with Crippen LogP contribution in [0.15, 0.2) is 12.7 Å². The number of hydrogen-bond acceptors (Lipinski definition) is 3. The summed E-state index contributed by atoms with van der Waals surface area (Å²) >= 11 is 0. The first-order chi connectivity index (χ1) is 10.7. The molecule has 0 unspecified atom stereocenters. The number of ether oxygens (including phenoxy) is 1. The van der Waals surface area contributed by atoms with Gasteiger partial charge >= 0.3 is 35.0 Å². The summed E-state index contributed by atoms with van der Waals surface area (Å²) in [5.74, 6) is -1.09. The highest BCUT2D eigenvalue weighted by Crippen LogP contribution is 2.13. The lowest BCUT2D eigenvalue weighted by Gasteiger charge is -2.03. The van der Waals surface area contributed by atoms with Crippen LogP contribution in [0.1, 0.15) is 96.8 Å². The van der Waals surface area contributed by atoms with E-state index in [4.69, 9.17) is 0 Å². The van der Waals surface area contributed by atoms with Crippen molar-refractivity contribution in [2.45, 2.75) is 96.8 Å². The largest absolute Gasteiger partial charge is 0.390 e. The van der Waals surface area contributed by atoms with E-state index in [0.717, 1.165) is 18.9 Å². The van der Waals surface area contributed by atoms with Crippen molar-refractivity contribution >= 4 is 35.0 Å². The van der Waals surface area contributed by atoms with Gasteiger partial charge in [0.05, 0.1) is 0 Å². The van der Waals surface area contributed by atoms with Crippen LogP contribution >= 0.6 is 0 Å². The van der Waals surface area contributed by atoms with Gasteiger partial charge in [0.2, 0.25) is 0 Å². The maximum atomic E-state index is 11.2. The molecule has 0 saturated carbocycles. The van der Waals surface area contributed by atoms with E-state index >= 15 is 0 Å². The van der Waals surface area contributed by atoms with Crippen LogP contribution in [-0.4, -0.2) is 35.0 Å². The molecular weight excluding hydrogens is 301 g/mol. The molecule has 0 atom stereocenters. The molecule has 0 N–H and O–H groups in total. The molecule has 0 aromatic carbocycles. The van der Waals surface area contributed by atoms with Crippen LogP contribution in [0.3, 0.4) is 0 Å². The minimum atomic E-state index is -0.653. The fraction of sp³-hybridized carbons (Fsp3) is 0.789. The molecule has 0 aliphatic carbocycles. The third kappa shape index (κ3) is 19.6. The third-order valence-corrected chi connectivity index (χ3v) is 3.87. The van der Waals surface area contributed by atoms with Crippen molar-refractivity contribution in [2.75, 3.05) is 0 Å². The van der Waals surface area contributed by atoms with Gasteiger partial charge in [-0.1, -0.05) is 90.6 Å². The number of esters is 2. The Bertz CT molecular complexity index is 303. The highest BCUT2D eigenvalue weighted by Gasteiger charge is 2.06. The van der Waals surface area contributed by atoms with E-state index in [9.17, 15) is 9.59 Å². The van der Waals surface area contributed by atoms with Crippen molar-refractivity contribution in [3.63, 3.8) is 0 Å². The molecule has 4 heteroatoms. The zero-order chi connectivity index (χ0) is 16.5. The first kappa shape index (κ1) is 24.9. The van der Waals surface area contributed by atoms with Crippen molar-refractivity contribution in [2.24, 2.45) is 0 Å². The Morgan fingerprint density at radius 1 is 0.783 bits per heavy atom. The lowest BCUT2D eigenvalue weighted by molar-refractivity contribution is -0.156. The van der Waals surface area contributed by atoms with Crippen LogP contribution in [0.5, 0.6) is 0 Å². The summed E-state index contributed by atoms with van der Waals surface area (Å²) in [5, 5.41) is 0. The molecule has 0 rings (SSSR count). The summed E-state index contributed by atoms with van der Waals surface area (Å²) in [6.45, 7) is 5.51. The molecule has 0 heterocycles. The average molecular weight is 337 g/mol. The molecule has 0 aromatic rings. The molecule has 0 aliphatic heterocycles. The summed E-state index contributed by atoms with van der Waals surface area (Å²) < 4.78 is 4.51. The maximum absolute atomic E-state index is 11.2. The number of unbranched alkanes of at least 4 members (excludes halogenated alkanes) is 12. The molecular formula is C19H36MgO3. The van der Waals surface area contributed by atoms with E-state index in [1.54, 1.807) is 0 Å². The van der Waals surface area contributed by atoms with E-state index in [1.165, 1.54) is 70.6 Å². The molecule has 0 radical (unpaired) electrons. The zero-order valence-electron chi connectivity index (χ0n) is 14.4. The second-order valence-corrected chi connectivity index (χ2v) is 5.99. The normalized spacial score (nSPS) is 9.96. The lowest BCUT2D eigenvalue weighted by Crippen LogP contribution is -2.09. The number of hydrogen-bond donors (Lipinski definition) is 0. The standard InChI is InChI=1S/C19H34O3.Mg.2H/c1-3-5-6-7-8-9-10-11-12-13-14-15-16-17-19(21)22-18(20)4-2;;;/h4H,2-3,5-17H2,1H3;;;. The van der Waals surface area contributed by atoms with Gasteiger partial charge in [0.1, 0.15) is 0 Å². The summed E-state index contributed by atoms with van der Waals surface area (Å²) in [5.41, 5.74) is 0. The fourth-order valence-electron chi connectivity index (χ4n) is 2.49. The average Bonchev–Trinajstić information content (AvgIpc) is 2.51. The first-order valence-corrected chi connectivity index (χ1v) is 9.07. The third-order valence-electron chi connectivity index (χ3n) is 3.87. The molecule has 0 aromatic heterocycles. The van der Waals surface area contributed by atoms with Crippen LogP contribution in [0.2, 0.25) is 0 Å². The number of rotatable bonds is 15. The van der Waals surface area contributed by atoms with Crippen LogP contribution < -0.4 is 0 Å². The number of carbonyl (C=O) groups is 2. The van der Waals surface area contributed by atoms with Crippen LogP contribution in [0, 0.1) is 0 Å². The second kappa shape index (κ2) is 19.7. The van der Waals surface area contributed by atoms with Crippen LogP contribution in [0.4, 0.5) is 0 Å². The maximum Gasteiger partial charge on any atom is 0.337 e. The summed E-state index contributed by atoms with van der Waals surface area (Å²) in [4.78, 5) is 22.0. The molecule has 0 fully saturated rings. The topological polar surface area (TPSA) is 43.4 Å².